The van der Waals surface area contributed by atoms with Gasteiger partial charge >= 0.3 is 0 Å². The lowest BCUT2D eigenvalue weighted by molar-refractivity contribution is -0.117. The number of nitrogens with two attached hydrogens (primary N) is 1. The van der Waals surface area contributed by atoms with Crippen molar-refractivity contribution < 1.29 is 9.59 Å². The van der Waals surface area contributed by atoms with Gasteiger partial charge in [-0.25, -0.2) is 4.98 Å². The molecule has 0 spiro atoms. The molecule has 102 valence electrons. The van der Waals surface area contributed by atoms with Gasteiger partial charge in [0.15, 0.2) is 0 Å². The van der Waals surface area contributed by atoms with Crippen molar-refractivity contribution >= 4 is 33.4 Å². The number of halogens is 1. The Labute approximate surface area is 124 Å². The van der Waals surface area contributed by atoms with E-state index in [-0.39, 0.29) is 12.3 Å². The van der Waals surface area contributed by atoms with Crippen LogP contribution in [-0.2, 0) is 11.2 Å². The van der Waals surface area contributed by atoms with Crippen LogP contribution >= 0.6 is 15.9 Å². The fraction of sp³-hybridized carbons (Fsp3) is 0.0714. The number of anilines is 1. The summed E-state index contributed by atoms with van der Waals surface area (Å²) in [6.07, 6.45) is 1.66. The van der Waals surface area contributed by atoms with Crippen LogP contribution in [0.4, 0.5) is 5.69 Å². The maximum absolute atomic E-state index is 12.2. The molecule has 2 amide bonds. The standard InChI is InChI=1S/C14H12BrN3O2/c15-13-10(5-3-7-17-13)14(20)18-11-6-2-1-4-9(11)8-12(16)19/h1-7H,8H2,(H2,16,19)(H,18,20). The summed E-state index contributed by atoms with van der Waals surface area (Å²) in [5.41, 5.74) is 6.84. The van der Waals surface area contributed by atoms with Gasteiger partial charge < -0.3 is 11.1 Å². The third-order valence-corrected chi connectivity index (χ3v) is 3.27. The van der Waals surface area contributed by atoms with Crippen LogP contribution in [0.5, 0.6) is 0 Å². The number of benzene rings is 1. The van der Waals surface area contributed by atoms with E-state index in [1.54, 1.807) is 42.6 Å². The molecule has 2 rings (SSSR count). The Morgan fingerprint density at radius 3 is 2.65 bits per heavy atom. The molecule has 3 N–H and O–H groups in total. The predicted molar refractivity (Wildman–Crippen MR) is 79.2 cm³/mol. The number of pyridine rings is 1. The Hall–Kier alpha value is -2.21. The molecule has 0 bridgehead atoms. The summed E-state index contributed by atoms with van der Waals surface area (Å²) in [7, 11) is 0. The molecule has 0 saturated heterocycles. The molecule has 0 aliphatic carbocycles. The smallest absolute Gasteiger partial charge is 0.258 e. The summed E-state index contributed by atoms with van der Waals surface area (Å²) >= 11 is 3.22. The van der Waals surface area contributed by atoms with Crippen molar-refractivity contribution in [3.8, 4) is 0 Å². The number of carbonyl (C=O) groups excluding carboxylic acids is 2. The van der Waals surface area contributed by atoms with Crippen molar-refractivity contribution in [1.82, 2.24) is 4.98 Å². The van der Waals surface area contributed by atoms with Crippen molar-refractivity contribution in [3.05, 3.63) is 58.3 Å². The van der Waals surface area contributed by atoms with E-state index >= 15 is 0 Å². The minimum atomic E-state index is -0.450. The van der Waals surface area contributed by atoms with Gasteiger partial charge in [0, 0.05) is 11.9 Å². The Morgan fingerprint density at radius 2 is 1.95 bits per heavy atom. The second-order valence-electron chi connectivity index (χ2n) is 4.10. The Bertz CT molecular complexity index is 658. The molecule has 1 aromatic heterocycles. The van der Waals surface area contributed by atoms with Crippen LogP contribution in [0.25, 0.3) is 0 Å². The molecule has 0 fully saturated rings. The highest BCUT2D eigenvalue weighted by Crippen LogP contribution is 2.19. The fourth-order valence-corrected chi connectivity index (χ4v) is 2.16. The average molecular weight is 334 g/mol. The summed E-state index contributed by atoms with van der Waals surface area (Å²) in [5, 5.41) is 2.76. The molecule has 1 aromatic carbocycles. The third kappa shape index (κ3) is 3.42. The number of carbonyl (C=O) groups is 2. The number of amides is 2. The van der Waals surface area contributed by atoms with E-state index in [9.17, 15) is 9.59 Å². The quantitative estimate of drug-likeness (QED) is 0.840. The van der Waals surface area contributed by atoms with Crippen LogP contribution in [0.3, 0.4) is 0 Å². The number of hydrogen-bond acceptors (Lipinski definition) is 3. The highest BCUT2D eigenvalue weighted by Gasteiger charge is 2.13. The lowest BCUT2D eigenvalue weighted by Crippen LogP contribution is -2.18. The first-order valence-electron chi connectivity index (χ1n) is 5.86. The van der Waals surface area contributed by atoms with Gasteiger partial charge in [-0.3, -0.25) is 9.59 Å². The van der Waals surface area contributed by atoms with E-state index < -0.39 is 5.91 Å². The molecular weight excluding hydrogens is 322 g/mol. The molecule has 5 nitrogen and oxygen atoms in total. The zero-order chi connectivity index (χ0) is 14.5. The van der Waals surface area contributed by atoms with Gasteiger partial charge in [0.05, 0.1) is 12.0 Å². The minimum absolute atomic E-state index is 0.0741. The van der Waals surface area contributed by atoms with Crippen molar-refractivity contribution in [2.24, 2.45) is 5.73 Å². The molecule has 6 heteroatoms. The summed E-state index contributed by atoms with van der Waals surface area (Å²) in [4.78, 5) is 27.2. The van der Waals surface area contributed by atoms with Crippen molar-refractivity contribution in [2.45, 2.75) is 6.42 Å². The van der Waals surface area contributed by atoms with E-state index in [4.69, 9.17) is 5.73 Å². The van der Waals surface area contributed by atoms with Crippen molar-refractivity contribution in [1.29, 1.82) is 0 Å². The van der Waals surface area contributed by atoms with Gasteiger partial charge in [0.25, 0.3) is 5.91 Å². The van der Waals surface area contributed by atoms with Gasteiger partial charge in [-0.2, -0.15) is 0 Å². The molecule has 2 aromatic rings. The molecule has 0 saturated carbocycles. The molecule has 0 aliphatic rings. The van der Waals surface area contributed by atoms with E-state index in [1.807, 2.05) is 0 Å². The second-order valence-corrected chi connectivity index (χ2v) is 4.85. The number of para-hydroxylation sites is 1. The van der Waals surface area contributed by atoms with E-state index in [1.165, 1.54) is 0 Å². The number of primary amides is 1. The minimum Gasteiger partial charge on any atom is -0.369 e. The third-order valence-electron chi connectivity index (χ3n) is 2.63. The lowest BCUT2D eigenvalue weighted by Gasteiger charge is -2.10. The van der Waals surface area contributed by atoms with Gasteiger partial charge in [0.1, 0.15) is 4.60 Å². The normalized spacial score (nSPS) is 10.1. The summed E-state index contributed by atoms with van der Waals surface area (Å²) < 4.78 is 0.463. The molecule has 0 aliphatic heterocycles. The lowest BCUT2D eigenvalue weighted by atomic mass is 10.1. The molecule has 0 atom stereocenters. The number of hydrogen-bond donors (Lipinski definition) is 2. The van der Waals surface area contributed by atoms with Crippen molar-refractivity contribution in [3.63, 3.8) is 0 Å². The molecule has 1 heterocycles. The maximum Gasteiger partial charge on any atom is 0.258 e. The fourth-order valence-electron chi connectivity index (χ4n) is 1.73. The highest BCUT2D eigenvalue weighted by atomic mass is 79.9. The Balaban J connectivity index is 2.24. The van der Waals surface area contributed by atoms with E-state index in [0.29, 0.717) is 21.4 Å². The van der Waals surface area contributed by atoms with Crippen molar-refractivity contribution in [2.75, 3.05) is 5.32 Å². The van der Waals surface area contributed by atoms with Gasteiger partial charge in [-0.05, 0) is 39.7 Å². The van der Waals surface area contributed by atoms with Crippen LogP contribution in [0.15, 0.2) is 47.2 Å². The maximum atomic E-state index is 12.2. The first-order chi connectivity index (χ1) is 9.58. The van der Waals surface area contributed by atoms with Crippen LogP contribution in [0.1, 0.15) is 15.9 Å². The zero-order valence-corrected chi connectivity index (χ0v) is 12.1. The van der Waals surface area contributed by atoms with Crippen LogP contribution in [0.2, 0.25) is 0 Å². The van der Waals surface area contributed by atoms with Gasteiger partial charge in [-0.1, -0.05) is 18.2 Å². The monoisotopic (exact) mass is 333 g/mol. The number of aromatic nitrogens is 1. The topological polar surface area (TPSA) is 85.1 Å². The number of rotatable bonds is 4. The largest absolute Gasteiger partial charge is 0.369 e. The Morgan fingerprint density at radius 1 is 1.20 bits per heavy atom. The summed E-state index contributed by atoms with van der Waals surface area (Å²) in [5.74, 6) is -0.754. The van der Waals surface area contributed by atoms with Gasteiger partial charge in [0.2, 0.25) is 5.91 Å². The first kappa shape index (κ1) is 14.2. The predicted octanol–water partition coefficient (Wildman–Crippen LogP) is 2.12. The summed E-state index contributed by atoms with van der Waals surface area (Å²) in [6.45, 7) is 0. The van der Waals surface area contributed by atoms with Crippen LogP contribution in [0, 0.1) is 0 Å². The van der Waals surface area contributed by atoms with Crippen LogP contribution < -0.4 is 11.1 Å². The average Bonchev–Trinajstić information content (AvgIpc) is 2.41. The van der Waals surface area contributed by atoms with E-state index in [0.717, 1.165) is 0 Å². The zero-order valence-electron chi connectivity index (χ0n) is 10.5. The van der Waals surface area contributed by atoms with Crippen LogP contribution in [-0.4, -0.2) is 16.8 Å². The summed E-state index contributed by atoms with van der Waals surface area (Å²) in [6, 6.07) is 10.4. The first-order valence-corrected chi connectivity index (χ1v) is 6.65. The Kier molecular flexibility index (Phi) is 4.47. The highest BCUT2D eigenvalue weighted by molar-refractivity contribution is 9.10. The second kappa shape index (κ2) is 6.29. The SMILES string of the molecule is NC(=O)Cc1ccccc1NC(=O)c1cccnc1Br. The molecule has 20 heavy (non-hydrogen) atoms. The van der Waals surface area contributed by atoms with Gasteiger partial charge in [-0.15, -0.1) is 0 Å². The molecule has 0 radical (unpaired) electrons. The molecular formula is C14H12BrN3O2. The number of nitrogens with zero attached hydrogens (tertiary/aromatic N) is 1. The molecule has 0 unspecified atom stereocenters. The number of nitrogens with one attached hydrogen (secondary N) is 1. The van der Waals surface area contributed by atoms with E-state index in [2.05, 4.69) is 26.2 Å².